The van der Waals surface area contributed by atoms with Crippen LogP contribution >= 0.6 is 0 Å². The SMILES string of the molecule is OC(C1C=CC2(COC(C(F)(F)F)(C(F)(F)F)O2)O1)(C(F)(F)F)C(F)(F)F. The van der Waals surface area contributed by atoms with Gasteiger partial charge in [0, 0.05) is 0 Å². The Labute approximate surface area is 140 Å². The quantitative estimate of drug-likeness (QED) is 0.512. The molecule has 2 rings (SSSR count). The summed E-state index contributed by atoms with van der Waals surface area (Å²) in [6.45, 7) is -1.86. The van der Waals surface area contributed by atoms with Crippen molar-refractivity contribution in [2.45, 2.75) is 48.0 Å². The highest BCUT2D eigenvalue weighted by Crippen LogP contribution is 2.56. The zero-order chi connectivity index (χ0) is 21.3. The van der Waals surface area contributed by atoms with Crippen molar-refractivity contribution < 1.29 is 72.0 Å². The van der Waals surface area contributed by atoms with E-state index < -0.39 is 54.6 Å². The zero-order valence-corrected chi connectivity index (χ0v) is 12.1. The van der Waals surface area contributed by atoms with E-state index in [-0.39, 0.29) is 12.2 Å². The lowest BCUT2D eigenvalue weighted by Crippen LogP contribution is -2.65. The second kappa shape index (κ2) is 5.64. The summed E-state index contributed by atoms with van der Waals surface area (Å²) < 4.78 is 164. The Kier molecular flexibility index (Phi) is 4.60. The molecule has 16 heteroatoms. The first-order chi connectivity index (χ1) is 11.7. The molecular formula is C11H6F12O4. The number of aliphatic hydroxyl groups is 1. The van der Waals surface area contributed by atoms with Crippen LogP contribution in [0, 0.1) is 0 Å². The first-order valence-corrected chi connectivity index (χ1v) is 6.43. The molecule has 1 saturated heterocycles. The molecule has 2 aliphatic heterocycles. The van der Waals surface area contributed by atoms with Crippen LogP contribution in [0.25, 0.3) is 0 Å². The van der Waals surface area contributed by atoms with Crippen LogP contribution in [0.15, 0.2) is 12.2 Å². The van der Waals surface area contributed by atoms with Gasteiger partial charge in [0.15, 0.2) is 0 Å². The summed E-state index contributed by atoms with van der Waals surface area (Å²) in [7, 11) is 0. The van der Waals surface area contributed by atoms with Gasteiger partial charge in [0.25, 0.3) is 5.60 Å². The molecule has 2 aliphatic rings. The second-order valence-electron chi connectivity index (χ2n) is 5.47. The summed E-state index contributed by atoms with van der Waals surface area (Å²) in [5.41, 5.74) is -5.63. The standard InChI is InChI=1S/C11H6F12O4/c12-8(13,14)6(24,9(15,16)17)4-1-2-5(26-4)3-25-7(27-5,10(18,19)20)11(21,22)23/h1-2,4,24H,3H2. The van der Waals surface area contributed by atoms with Crippen molar-refractivity contribution in [3.05, 3.63) is 12.2 Å². The summed E-state index contributed by atoms with van der Waals surface area (Å²) in [5.74, 6) is -8.76. The fourth-order valence-electron chi connectivity index (χ4n) is 2.32. The van der Waals surface area contributed by atoms with Crippen molar-refractivity contribution in [1.29, 1.82) is 0 Å². The lowest BCUT2D eigenvalue weighted by molar-refractivity contribution is -0.459. The average molecular weight is 430 g/mol. The van der Waals surface area contributed by atoms with E-state index in [2.05, 4.69) is 14.2 Å². The zero-order valence-electron chi connectivity index (χ0n) is 12.1. The van der Waals surface area contributed by atoms with E-state index in [1.165, 1.54) is 0 Å². The molecule has 0 aromatic rings. The van der Waals surface area contributed by atoms with Crippen LogP contribution in [0.3, 0.4) is 0 Å². The molecule has 1 spiro atoms. The number of alkyl halides is 12. The largest absolute Gasteiger partial charge is 0.453 e. The van der Waals surface area contributed by atoms with Gasteiger partial charge in [-0.2, -0.15) is 52.7 Å². The Balaban J connectivity index is 2.40. The molecule has 0 saturated carbocycles. The van der Waals surface area contributed by atoms with Crippen molar-refractivity contribution in [3.63, 3.8) is 0 Å². The van der Waals surface area contributed by atoms with Gasteiger partial charge in [-0.1, -0.05) is 6.08 Å². The molecule has 0 amide bonds. The van der Waals surface area contributed by atoms with Crippen LogP contribution in [0.1, 0.15) is 0 Å². The molecule has 2 atom stereocenters. The molecule has 0 radical (unpaired) electrons. The van der Waals surface area contributed by atoms with Gasteiger partial charge in [0.05, 0.1) is 0 Å². The number of ether oxygens (including phenoxy) is 3. The van der Waals surface area contributed by atoms with Gasteiger partial charge >= 0.3 is 30.5 Å². The smallest absolute Gasteiger partial charge is 0.371 e. The minimum absolute atomic E-state index is 0.0562. The van der Waals surface area contributed by atoms with E-state index in [0.717, 1.165) is 0 Å². The van der Waals surface area contributed by atoms with Crippen LogP contribution in [0.2, 0.25) is 0 Å². The molecule has 1 N–H and O–H groups in total. The Morgan fingerprint density at radius 3 is 1.59 bits per heavy atom. The van der Waals surface area contributed by atoms with E-state index in [4.69, 9.17) is 5.11 Å². The third kappa shape index (κ3) is 3.05. The number of halogens is 12. The molecular weight excluding hydrogens is 424 g/mol. The van der Waals surface area contributed by atoms with Crippen LogP contribution in [0.5, 0.6) is 0 Å². The van der Waals surface area contributed by atoms with Crippen molar-refractivity contribution >= 4 is 0 Å². The molecule has 2 heterocycles. The van der Waals surface area contributed by atoms with Gasteiger partial charge in [-0.3, -0.25) is 4.74 Å². The molecule has 158 valence electrons. The van der Waals surface area contributed by atoms with E-state index in [0.29, 0.717) is 0 Å². The highest BCUT2D eigenvalue weighted by Gasteiger charge is 2.81. The number of hydrogen-bond donors (Lipinski definition) is 1. The van der Waals surface area contributed by atoms with Gasteiger partial charge in [0.2, 0.25) is 5.79 Å². The van der Waals surface area contributed by atoms with Gasteiger partial charge in [0.1, 0.15) is 12.7 Å². The predicted molar refractivity (Wildman–Crippen MR) is 55.7 cm³/mol. The van der Waals surface area contributed by atoms with Crippen molar-refractivity contribution in [1.82, 2.24) is 0 Å². The van der Waals surface area contributed by atoms with E-state index in [9.17, 15) is 52.7 Å². The summed E-state index contributed by atoms with van der Waals surface area (Å²) in [5, 5.41) is 9.11. The fourth-order valence-corrected chi connectivity index (χ4v) is 2.32. The molecule has 4 nitrogen and oxygen atoms in total. The Hall–Kier alpha value is -1.26. The van der Waals surface area contributed by atoms with Crippen molar-refractivity contribution in [3.8, 4) is 0 Å². The third-order valence-electron chi connectivity index (χ3n) is 3.67. The molecule has 0 aromatic carbocycles. The molecule has 2 unspecified atom stereocenters. The van der Waals surface area contributed by atoms with Crippen LogP contribution in [-0.2, 0) is 14.2 Å². The lowest BCUT2D eigenvalue weighted by atomic mass is 9.95. The summed E-state index contributed by atoms with van der Waals surface area (Å²) in [4.78, 5) is 0. The number of hydrogen-bond acceptors (Lipinski definition) is 4. The molecule has 0 aromatic heterocycles. The predicted octanol–water partition coefficient (Wildman–Crippen LogP) is 3.36. The van der Waals surface area contributed by atoms with Gasteiger partial charge in [-0.05, 0) is 6.08 Å². The molecule has 0 bridgehead atoms. The van der Waals surface area contributed by atoms with Crippen molar-refractivity contribution in [2.24, 2.45) is 0 Å². The number of rotatable bonds is 1. The first kappa shape index (κ1) is 22.0. The van der Waals surface area contributed by atoms with Crippen molar-refractivity contribution in [2.75, 3.05) is 6.61 Å². The van der Waals surface area contributed by atoms with E-state index >= 15 is 0 Å². The third-order valence-corrected chi connectivity index (χ3v) is 3.67. The monoisotopic (exact) mass is 430 g/mol. The molecule has 1 fully saturated rings. The van der Waals surface area contributed by atoms with Crippen LogP contribution in [0.4, 0.5) is 52.7 Å². The Bertz CT molecular complexity index is 587. The lowest BCUT2D eigenvalue weighted by Gasteiger charge is -2.37. The van der Waals surface area contributed by atoms with Gasteiger partial charge in [-0.15, -0.1) is 0 Å². The topological polar surface area (TPSA) is 47.9 Å². The maximum Gasteiger partial charge on any atom is 0.453 e. The maximum absolute atomic E-state index is 12.8. The van der Waals surface area contributed by atoms with Gasteiger partial charge in [-0.25, -0.2) is 0 Å². The maximum atomic E-state index is 12.8. The summed E-state index contributed by atoms with van der Waals surface area (Å²) in [6.07, 6.45) is -29.2. The highest BCUT2D eigenvalue weighted by molar-refractivity contribution is 5.19. The minimum Gasteiger partial charge on any atom is -0.371 e. The van der Waals surface area contributed by atoms with E-state index in [1.54, 1.807) is 0 Å². The molecule has 0 aliphatic carbocycles. The summed E-state index contributed by atoms with van der Waals surface area (Å²) >= 11 is 0. The highest BCUT2D eigenvalue weighted by atomic mass is 19.4. The minimum atomic E-state index is -6.45. The van der Waals surface area contributed by atoms with Crippen LogP contribution < -0.4 is 0 Å². The summed E-state index contributed by atoms with van der Waals surface area (Å²) in [6, 6.07) is 0. The fraction of sp³-hybridized carbons (Fsp3) is 0.818. The Morgan fingerprint density at radius 1 is 0.815 bits per heavy atom. The molecule has 27 heavy (non-hydrogen) atoms. The Morgan fingerprint density at radius 2 is 1.26 bits per heavy atom. The average Bonchev–Trinajstić information content (AvgIpc) is 3.00. The normalized spacial score (nSPS) is 29.7. The second-order valence-corrected chi connectivity index (χ2v) is 5.47. The van der Waals surface area contributed by atoms with E-state index in [1.807, 2.05) is 0 Å². The van der Waals surface area contributed by atoms with Gasteiger partial charge < -0.3 is 14.6 Å². The van der Waals surface area contributed by atoms with Crippen LogP contribution in [-0.4, -0.2) is 59.7 Å². The first-order valence-electron chi connectivity index (χ1n) is 6.43.